The van der Waals surface area contributed by atoms with Crippen LogP contribution in [0.1, 0.15) is 82.8 Å². The zero-order chi connectivity index (χ0) is 27.7. The minimum absolute atomic E-state index is 0.139. The molecule has 5 nitrogen and oxygen atoms in total. The van der Waals surface area contributed by atoms with Gasteiger partial charge in [-0.2, -0.15) is 0 Å². The summed E-state index contributed by atoms with van der Waals surface area (Å²) >= 11 is 0. The molecule has 2 aromatic rings. The normalized spacial score (nSPS) is 21.5. The van der Waals surface area contributed by atoms with Gasteiger partial charge >= 0.3 is 5.97 Å². The Morgan fingerprint density at radius 3 is 2.05 bits per heavy atom. The molecule has 0 saturated heterocycles. The van der Waals surface area contributed by atoms with Crippen molar-refractivity contribution in [2.45, 2.75) is 97.2 Å². The third-order valence-corrected chi connectivity index (χ3v) is 13.2. The first-order valence-corrected chi connectivity index (χ1v) is 17.1. The summed E-state index contributed by atoms with van der Waals surface area (Å²) in [6.45, 7) is 13.1. The maximum Gasteiger partial charge on any atom is 0.336 e. The molecule has 0 aromatic heterocycles. The lowest BCUT2D eigenvalue weighted by Crippen LogP contribution is -2.51. The number of carbonyl (C=O) groups excluding carboxylic acids is 2. The number of amides is 1. The van der Waals surface area contributed by atoms with Gasteiger partial charge in [-0.05, 0) is 66.4 Å². The lowest BCUT2D eigenvalue weighted by Gasteiger charge is -2.40. The Morgan fingerprint density at radius 2 is 1.50 bits per heavy atom. The van der Waals surface area contributed by atoms with Gasteiger partial charge in [0.15, 0.2) is 14.4 Å². The number of rotatable bonds is 12. The van der Waals surface area contributed by atoms with Gasteiger partial charge in [-0.25, -0.2) is 4.79 Å². The van der Waals surface area contributed by atoms with Crippen LogP contribution in [0.15, 0.2) is 60.7 Å². The van der Waals surface area contributed by atoms with E-state index in [4.69, 9.17) is 9.16 Å². The Balaban J connectivity index is 2.01. The van der Waals surface area contributed by atoms with Crippen LogP contribution in [0.25, 0.3) is 0 Å². The lowest BCUT2D eigenvalue weighted by atomic mass is 9.75. The summed E-state index contributed by atoms with van der Waals surface area (Å²) in [5.41, 5.74) is 1.38. The summed E-state index contributed by atoms with van der Waals surface area (Å²) in [6, 6.07) is 20.9. The van der Waals surface area contributed by atoms with Crippen LogP contribution in [0, 0.1) is 17.8 Å². The Hall–Kier alpha value is -2.44. The monoisotopic (exact) mass is 537 g/mol. The topological polar surface area (TPSA) is 64.6 Å². The van der Waals surface area contributed by atoms with Crippen LogP contribution in [0.5, 0.6) is 0 Å². The molecule has 208 valence electrons. The van der Waals surface area contributed by atoms with E-state index in [1.54, 1.807) is 12.1 Å². The van der Waals surface area contributed by atoms with Gasteiger partial charge in [0.1, 0.15) is 6.10 Å². The van der Waals surface area contributed by atoms with Gasteiger partial charge in [0.25, 0.3) is 5.91 Å². The summed E-state index contributed by atoms with van der Waals surface area (Å²) in [4.78, 5) is 27.6. The van der Waals surface area contributed by atoms with E-state index >= 15 is 0 Å². The second-order valence-electron chi connectivity index (χ2n) is 11.3. The molecule has 3 unspecified atom stereocenters. The van der Waals surface area contributed by atoms with E-state index in [1.807, 2.05) is 48.5 Å². The smallest absolute Gasteiger partial charge is 0.336 e. The third kappa shape index (κ3) is 7.57. The van der Waals surface area contributed by atoms with E-state index in [-0.39, 0.29) is 18.0 Å². The molecule has 1 saturated carbocycles. The lowest BCUT2D eigenvalue weighted by molar-refractivity contribution is -0.166. The van der Waals surface area contributed by atoms with Crippen molar-refractivity contribution in [1.29, 1.82) is 0 Å². The largest absolute Gasteiger partial charge is 0.460 e. The average molecular weight is 538 g/mol. The second-order valence-corrected chi connectivity index (χ2v) is 16.0. The number of esters is 1. The standard InChI is InChI=1S/C32H47NO4Si/c1-7-38(8-2,9-3)37-30(32(35)36-28-22-24(6)20-21-27(28)23(4)5)29(25-16-12-10-13-17-25)33-31(34)26-18-14-11-15-19-26/h10-19,23-24,27-30H,7-9,20-22H2,1-6H3,(H,33,34)/t24?,27-,28?,29+,30?/m1/s1. The van der Waals surface area contributed by atoms with Gasteiger partial charge < -0.3 is 14.5 Å². The molecule has 0 bridgehead atoms. The molecular formula is C32H47NO4Si. The number of nitrogens with one attached hydrogen (secondary N) is 1. The van der Waals surface area contributed by atoms with E-state index in [2.05, 4.69) is 46.9 Å². The maximum absolute atomic E-state index is 14.2. The van der Waals surface area contributed by atoms with E-state index in [9.17, 15) is 9.59 Å². The number of carbonyl (C=O) groups is 2. The first-order chi connectivity index (χ1) is 18.2. The van der Waals surface area contributed by atoms with E-state index in [0.717, 1.165) is 43.0 Å². The van der Waals surface area contributed by atoms with Crippen molar-refractivity contribution in [3.63, 3.8) is 0 Å². The van der Waals surface area contributed by atoms with Gasteiger partial charge in [-0.15, -0.1) is 0 Å². The van der Waals surface area contributed by atoms with Crippen molar-refractivity contribution >= 4 is 20.2 Å². The van der Waals surface area contributed by atoms with E-state index < -0.39 is 20.5 Å². The van der Waals surface area contributed by atoms with E-state index in [1.165, 1.54) is 0 Å². The summed E-state index contributed by atoms with van der Waals surface area (Å²) in [6.07, 6.45) is 2.04. The Kier molecular flexibility index (Phi) is 11.2. The highest BCUT2D eigenvalue weighted by molar-refractivity contribution is 6.73. The summed E-state index contributed by atoms with van der Waals surface area (Å²) in [7, 11) is -2.24. The molecule has 1 aliphatic carbocycles. The molecule has 0 spiro atoms. The van der Waals surface area contributed by atoms with Gasteiger partial charge in [0.05, 0.1) is 6.04 Å². The highest BCUT2D eigenvalue weighted by atomic mass is 28.4. The van der Waals surface area contributed by atoms with Crippen LogP contribution in [0.3, 0.4) is 0 Å². The molecule has 0 aliphatic heterocycles. The molecule has 2 aromatic carbocycles. The molecule has 0 radical (unpaired) electrons. The van der Waals surface area contributed by atoms with E-state index in [0.29, 0.717) is 23.3 Å². The quantitative estimate of drug-likeness (QED) is 0.224. The molecule has 1 amide bonds. The highest BCUT2D eigenvalue weighted by Gasteiger charge is 2.43. The molecule has 3 rings (SSSR count). The number of hydrogen-bond acceptors (Lipinski definition) is 4. The zero-order valence-corrected chi connectivity index (χ0v) is 25.1. The van der Waals surface area contributed by atoms with Crippen LogP contribution < -0.4 is 5.32 Å². The van der Waals surface area contributed by atoms with Crippen molar-refractivity contribution in [1.82, 2.24) is 5.32 Å². The fourth-order valence-corrected chi connectivity index (χ4v) is 8.57. The molecule has 6 heteroatoms. The Labute approximate surface area is 230 Å². The van der Waals surface area contributed by atoms with Gasteiger partial charge in [-0.1, -0.05) is 96.5 Å². The minimum Gasteiger partial charge on any atom is -0.460 e. The molecule has 1 aliphatic rings. The van der Waals surface area contributed by atoms with Crippen LogP contribution in [-0.2, 0) is 14.0 Å². The van der Waals surface area contributed by atoms with Crippen LogP contribution in [0.4, 0.5) is 0 Å². The Bertz CT molecular complexity index is 1000. The van der Waals surface area contributed by atoms with Crippen molar-refractivity contribution in [3.8, 4) is 0 Å². The molecule has 0 heterocycles. The maximum atomic E-state index is 14.2. The number of ether oxygens (including phenoxy) is 1. The van der Waals surface area contributed by atoms with Crippen molar-refractivity contribution in [2.75, 3.05) is 0 Å². The average Bonchev–Trinajstić information content (AvgIpc) is 2.94. The van der Waals surface area contributed by atoms with Crippen molar-refractivity contribution < 1.29 is 18.8 Å². The van der Waals surface area contributed by atoms with Crippen LogP contribution >= 0.6 is 0 Å². The third-order valence-electron chi connectivity index (χ3n) is 8.56. The fraction of sp³-hybridized carbons (Fsp3) is 0.562. The predicted octanol–water partition coefficient (Wildman–Crippen LogP) is 7.55. The number of benzene rings is 2. The van der Waals surface area contributed by atoms with Gasteiger partial charge in [0.2, 0.25) is 0 Å². The SMILES string of the molecule is CC[Si](CC)(CC)OC(C(=O)OC1CC(C)CC[C@@H]1C(C)C)[C@@H](NC(=O)c1ccccc1)c1ccccc1. The molecule has 38 heavy (non-hydrogen) atoms. The first kappa shape index (κ1) is 30.1. The van der Waals surface area contributed by atoms with Gasteiger partial charge in [-0.3, -0.25) is 4.79 Å². The molecular weight excluding hydrogens is 490 g/mol. The summed E-state index contributed by atoms with van der Waals surface area (Å²) < 4.78 is 13.3. The molecule has 5 atom stereocenters. The van der Waals surface area contributed by atoms with Crippen molar-refractivity contribution in [2.24, 2.45) is 17.8 Å². The molecule has 1 N–H and O–H groups in total. The Morgan fingerprint density at radius 1 is 0.921 bits per heavy atom. The van der Waals surface area contributed by atoms with Crippen LogP contribution in [0.2, 0.25) is 18.1 Å². The predicted molar refractivity (Wildman–Crippen MR) is 156 cm³/mol. The summed E-state index contributed by atoms with van der Waals surface area (Å²) in [5, 5.41) is 3.16. The minimum atomic E-state index is -2.24. The highest BCUT2D eigenvalue weighted by Crippen LogP contribution is 2.37. The molecule has 1 fully saturated rings. The summed E-state index contributed by atoms with van der Waals surface area (Å²) in [5.74, 6) is 0.682. The zero-order valence-electron chi connectivity index (χ0n) is 24.1. The van der Waals surface area contributed by atoms with Gasteiger partial charge in [0, 0.05) is 5.56 Å². The van der Waals surface area contributed by atoms with Crippen molar-refractivity contribution in [3.05, 3.63) is 71.8 Å². The van der Waals surface area contributed by atoms with Crippen LogP contribution in [-0.4, -0.2) is 32.4 Å². The first-order valence-electron chi connectivity index (χ1n) is 14.5. The number of hydrogen-bond donors (Lipinski definition) is 1. The second kappa shape index (κ2) is 14.1. The fourth-order valence-electron chi connectivity index (χ4n) is 5.80.